The minimum absolute atomic E-state index is 0.0429. The average molecular weight is 484 g/mol. The number of nitrogens with zero attached hydrogens (tertiary/aromatic N) is 4. The molecule has 0 saturated carbocycles. The number of ether oxygens (including phenoxy) is 2. The van der Waals surface area contributed by atoms with E-state index in [4.69, 9.17) is 9.47 Å². The van der Waals surface area contributed by atoms with E-state index in [9.17, 15) is 9.59 Å². The number of amides is 2. The van der Waals surface area contributed by atoms with Gasteiger partial charge in [-0.15, -0.1) is 0 Å². The minimum Gasteiger partial charge on any atom is -0.497 e. The lowest BCUT2D eigenvalue weighted by atomic mass is 10.0. The van der Waals surface area contributed by atoms with Crippen molar-refractivity contribution in [1.82, 2.24) is 24.9 Å². The van der Waals surface area contributed by atoms with Crippen molar-refractivity contribution in [3.63, 3.8) is 0 Å². The van der Waals surface area contributed by atoms with E-state index in [1.54, 1.807) is 14.2 Å². The molecule has 35 heavy (non-hydrogen) atoms. The van der Waals surface area contributed by atoms with Crippen molar-refractivity contribution >= 4 is 11.8 Å². The first-order valence-electron chi connectivity index (χ1n) is 12.5. The second kappa shape index (κ2) is 11.7. The lowest BCUT2D eigenvalue weighted by Crippen LogP contribution is -2.41. The van der Waals surface area contributed by atoms with Gasteiger partial charge in [-0.25, -0.2) is 0 Å². The zero-order chi connectivity index (χ0) is 24.8. The lowest BCUT2D eigenvalue weighted by molar-refractivity contribution is -0.131. The van der Waals surface area contributed by atoms with Crippen LogP contribution in [-0.4, -0.2) is 84.4 Å². The van der Waals surface area contributed by atoms with Gasteiger partial charge >= 0.3 is 0 Å². The topological polar surface area (TPSA) is 88.9 Å². The first kappa shape index (κ1) is 25.2. The summed E-state index contributed by atoms with van der Waals surface area (Å²) >= 11 is 0. The molecule has 1 aromatic heterocycles. The number of methoxy groups -OCH3 is 2. The summed E-state index contributed by atoms with van der Waals surface area (Å²) in [5, 5.41) is 7.79. The van der Waals surface area contributed by atoms with Gasteiger partial charge < -0.3 is 19.7 Å². The third kappa shape index (κ3) is 5.85. The summed E-state index contributed by atoms with van der Waals surface area (Å²) in [5.74, 6) is 0.647. The summed E-state index contributed by atoms with van der Waals surface area (Å²) in [6, 6.07) is 7.93. The Kier molecular flexibility index (Phi) is 8.41. The number of hydrogen-bond acceptors (Lipinski definition) is 6. The molecular weight excluding hydrogens is 446 g/mol. The quantitative estimate of drug-likeness (QED) is 0.555. The molecular formula is C26H37N5O4. The summed E-state index contributed by atoms with van der Waals surface area (Å²) < 4.78 is 12.3. The van der Waals surface area contributed by atoms with Crippen LogP contribution in [-0.2, 0) is 35.5 Å². The van der Waals surface area contributed by atoms with E-state index in [1.807, 2.05) is 33.8 Å². The number of likely N-dealkylation sites (tertiary alicyclic amines) is 1. The Bertz CT molecular complexity index is 1020. The van der Waals surface area contributed by atoms with E-state index in [0.717, 1.165) is 42.1 Å². The van der Waals surface area contributed by atoms with E-state index < -0.39 is 0 Å². The summed E-state index contributed by atoms with van der Waals surface area (Å²) in [6.07, 6.45) is 3.25. The first-order valence-corrected chi connectivity index (χ1v) is 12.5. The number of aromatic nitrogens is 2. The van der Waals surface area contributed by atoms with Crippen LogP contribution in [0, 0.1) is 0 Å². The van der Waals surface area contributed by atoms with Gasteiger partial charge in [-0.1, -0.05) is 19.1 Å². The Morgan fingerprint density at radius 1 is 1.17 bits per heavy atom. The van der Waals surface area contributed by atoms with E-state index in [1.165, 1.54) is 6.42 Å². The second-order valence-corrected chi connectivity index (χ2v) is 9.21. The molecule has 1 atom stereocenters. The summed E-state index contributed by atoms with van der Waals surface area (Å²) in [6.45, 7) is 6.95. The van der Waals surface area contributed by atoms with Crippen molar-refractivity contribution in [3.05, 3.63) is 46.8 Å². The SMILES string of the molecule is CCN1CCC[C@@H]1CNC(=O)c1nn(CCOC)c2c1CN(C(=O)Cc1ccc(OC)cc1)CC2. The van der Waals surface area contributed by atoms with Gasteiger partial charge in [0.1, 0.15) is 5.75 Å². The predicted octanol–water partition coefficient (Wildman–Crippen LogP) is 1.88. The van der Waals surface area contributed by atoms with Crippen LogP contribution >= 0.6 is 0 Å². The number of rotatable bonds is 10. The van der Waals surface area contributed by atoms with Crippen LogP contribution in [0.5, 0.6) is 5.75 Å². The molecule has 190 valence electrons. The zero-order valence-corrected chi connectivity index (χ0v) is 21.1. The van der Waals surface area contributed by atoms with Crippen LogP contribution in [0.4, 0.5) is 0 Å². The van der Waals surface area contributed by atoms with Crippen molar-refractivity contribution in [2.75, 3.05) is 47.0 Å². The summed E-state index contributed by atoms with van der Waals surface area (Å²) in [4.78, 5) is 30.6. The molecule has 1 N–H and O–H groups in total. The van der Waals surface area contributed by atoms with Gasteiger partial charge in [0.05, 0.1) is 26.7 Å². The van der Waals surface area contributed by atoms with Gasteiger partial charge in [0, 0.05) is 50.5 Å². The van der Waals surface area contributed by atoms with E-state index in [0.29, 0.717) is 57.4 Å². The van der Waals surface area contributed by atoms with Crippen molar-refractivity contribution in [2.24, 2.45) is 0 Å². The van der Waals surface area contributed by atoms with Crippen LogP contribution < -0.4 is 10.1 Å². The fourth-order valence-corrected chi connectivity index (χ4v) is 5.12. The molecule has 2 aromatic rings. The third-order valence-electron chi connectivity index (χ3n) is 7.13. The Morgan fingerprint density at radius 2 is 1.97 bits per heavy atom. The highest BCUT2D eigenvalue weighted by Crippen LogP contribution is 2.24. The molecule has 2 aliphatic rings. The zero-order valence-electron chi connectivity index (χ0n) is 21.1. The molecule has 0 bridgehead atoms. The monoisotopic (exact) mass is 483 g/mol. The Morgan fingerprint density at radius 3 is 2.69 bits per heavy atom. The number of carbonyl (C=O) groups excluding carboxylic acids is 2. The minimum atomic E-state index is -0.162. The van der Waals surface area contributed by atoms with E-state index >= 15 is 0 Å². The highest BCUT2D eigenvalue weighted by Gasteiger charge is 2.31. The molecule has 1 saturated heterocycles. The molecule has 0 radical (unpaired) electrons. The molecule has 0 unspecified atom stereocenters. The van der Waals surface area contributed by atoms with E-state index in [-0.39, 0.29) is 11.8 Å². The predicted molar refractivity (Wildman–Crippen MR) is 133 cm³/mol. The number of hydrogen-bond donors (Lipinski definition) is 1. The van der Waals surface area contributed by atoms with Gasteiger partial charge in [0.15, 0.2) is 5.69 Å². The van der Waals surface area contributed by atoms with Crippen molar-refractivity contribution in [3.8, 4) is 5.75 Å². The van der Waals surface area contributed by atoms with Crippen LogP contribution in [0.2, 0.25) is 0 Å². The molecule has 3 heterocycles. The maximum atomic E-state index is 13.2. The molecule has 4 rings (SSSR count). The third-order valence-corrected chi connectivity index (χ3v) is 7.13. The molecule has 9 nitrogen and oxygen atoms in total. The maximum Gasteiger partial charge on any atom is 0.272 e. The summed E-state index contributed by atoms with van der Waals surface area (Å²) in [7, 11) is 3.28. The number of likely N-dealkylation sites (N-methyl/N-ethyl adjacent to an activating group) is 1. The highest BCUT2D eigenvalue weighted by molar-refractivity contribution is 5.94. The molecule has 2 amide bonds. The maximum absolute atomic E-state index is 13.2. The van der Waals surface area contributed by atoms with Gasteiger partial charge in [-0.3, -0.25) is 19.2 Å². The fraction of sp³-hybridized carbons (Fsp3) is 0.577. The van der Waals surface area contributed by atoms with Crippen molar-refractivity contribution in [2.45, 2.75) is 51.7 Å². The standard InChI is InChI=1S/C26H37N5O4/c1-4-29-12-5-6-20(29)17-27-26(33)25-22-18-30(13-11-23(22)31(28-25)14-15-34-2)24(32)16-19-7-9-21(35-3)10-8-19/h7-10,20H,4-6,11-18H2,1-3H3,(H,27,33)/t20-/m1/s1. The molecule has 1 aromatic carbocycles. The molecule has 2 aliphatic heterocycles. The highest BCUT2D eigenvalue weighted by atomic mass is 16.5. The van der Waals surface area contributed by atoms with E-state index in [2.05, 4.69) is 22.2 Å². The van der Waals surface area contributed by atoms with Crippen molar-refractivity contribution < 1.29 is 19.1 Å². The number of benzene rings is 1. The number of fused-ring (bicyclic) bond motifs is 1. The van der Waals surface area contributed by atoms with Gasteiger partial charge in [-0.05, 0) is 43.6 Å². The largest absolute Gasteiger partial charge is 0.497 e. The normalized spacial score (nSPS) is 17.9. The molecule has 0 spiro atoms. The second-order valence-electron chi connectivity index (χ2n) is 9.21. The van der Waals surface area contributed by atoms with Gasteiger partial charge in [-0.2, -0.15) is 5.10 Å². The Hall–Kier alpha value is -2.91. The van der Waals surface area contributed by atoms with Crippen LogP contribution in [0.15, 0.2) is 24.3 Å². The first-order chi connectivity index (χ1) is 17.0. The van der Waals surface area contributed by atoms with Gasteiger partial charge in [0.2, 0.25) is 5.91 Å². The van der Waals surface area contributed by atoms with Crippen LogP contribution in [0.3, 0.4) is 0 Å². The smallest absolute Gasteiger partial charge is 0.272 e. The summed E-state index contributed by atoms with van der Waals surface area (Å²) in [5.41, 5.74) is 3.25. The van der Waals surface area contributed by atoms with Crippen molar-refractivity contribution in [1.29, 1.82) is 0 Å². The van der Waals surface area contributed by atoms with Crippen LogP contribution in [0.1, 0.15) is 47.1 Å². The Labute approximate surface area is 207 Å². The number of carbonyl (C=O) groups is 2. The van der Waals surface area contributed by atoms with Gasteiger partial charge in [0.25, 0.3) is 5.91 Å². The number of nitrogens with one attached hydrogen (secondary N) is 1. The average Bonchev–Trinajstić information content (AvgIpc) is 3.50. The molecule has 9 heteroatoms. The Balaban J connectivity index is 1.47. The lowest BCUT2D eigenvalue weighted by Gasteiger charge is -2.28. The van der Waals surface area contributed by atoms with Crippen LogP contribution in [0.25, 0.3) is 0 Å². The fourth-order valence-electron chi connectivity index (χ4n) is 5.12. The molecule has 1 fully saturated rings. The molecule has 0 aliphatic carbocycles.